The maximum Gasteiger partial charge on any atom is 0.262 e. The van der Waals surface area contributed by atoms with Crippen molar-refractivity contribution in [2.24, 2.45) is 0 Å². The van der Waals surface area contributed by atoms with Crippen molar-refractivity contribution in [1.29, 1.82) is 0 Å². The van der Waals surface area contributed by atoms with E-state index in [-0.39, 0.29) is 18.1 Å². The molecule has 6 heteroatoms. The van der Waals surface area contributed by atoms with Crippen LogP contribution in [0.5, 0.6) is 5.75 Å². The third kappa shape index (κ3) is 4.05. The topological polar surface area (TPSA) is 55.4 Å². The molecule has 0 unspecified atom stereocenters. The Bertz CT molecular complexity index is 718. The number of rotatable bonds is 5. The zero-order valence-electron chi connectivity index (χ0n) is 11.7. The number of halogens is 2. The molecule has 0 fully saturated rings. The van der Waals surface area contributed by atoms with E-state index in [1.165, 1.54) is 19.1 Å². The highest BCUT2D eigenvalue weighted by Gasteiger charge is 2.11. The second-order valence-corrected chi connectivity index (χ2v) is 4.95. The van der Waals surface area contributed by atoms with Gasteiger partial charge in [0.2, 0.25) is 0 Å². The molecule has 0 saturated carbocycles. The molecule has 2 rings (SSSR count). The Hall–Kier alpha value is -2.40. The van der Waals surface area contributed by atoms with E-state index in [0.717, 1.165) is 6.07 Å². The molecule has 0 saturated heterocycles. The minimum absolute atomic E-state index is 0.0269. The largest absolute Gasteiger partial charge is 0.483 e. The van der Waals surface area contributed by atoms with Crippen LogP contribution < -0.4 is 10.1 Å². The molecule has 2 aromatic rings. The molecule has 1 N–H and O–H groups in total. The van der Waals surface area contributed by atoms with Crippen molar-refractivity contribution < 1.29 is 18.7 Å². The highest BCUT2D eigenvalue weighted by Crippen LogP contribution is 2.20. The van der Waals surface area contributed by atoms with Gasteiger partial charge in [-0.2, -0.15) is 0 Å². The number of amides is 1. The molecular formula is C16H13ClFNO3. The van der Waals surface area contributed by atoms with Crippen LogP contribution in [0.4, 0.5) is 10.1 Å². The van der Waals surface area contributed by atoms with Gasteiger partial charge in [0.05, 0.1) is 11.3 Å². The fraction of sp³-hybridized carbons (Fsp3) is 0.125. The van der Waals surface area contributed by atoms with Gasteiger partial charge >= 0.3 is 0 Å². The molecule has 114 valence electrons. The lowest BCUT2D eigenvalue weighted by Crippen LogP contribution is -2.21. The minimum Gasteiger partial charge on any atom is -0.483 e. The number of anilines is 1. The van der Waals surface area contributed by atoms with Crippen LogP contribution in [0.25, 0.3) is 0 Å². The Morgan fingerprint density at radius 1 is 1.23 bits per heavy atom. The van der Waals surface area contributed by atoms with Crippen molar-refractivity contribution in [3.63, 3.8) is 0 Å². The number of hydrogen-bond donors (Lipinski definition) is 1. The third-order valence-corrected chi connectivity index (χ3v) is 3.06. The second-order valence-electron chi connectivity index (χ2n) is 4.51. The number of para-hydroxylation sites is 1. The van der Waals surface area contributed by atoms with Crippen LogP contribution in [0.15, 0.2) is 42.5 Å². The monoisotopic (exact) mass is 321 g/mol. The first kappa shape index (κ1) is 16.0. The molecule has 0 aromatic heterocycles. The van der Waals surface area contributed by atoms with Crippen molar-refractivity contribution in [2.45, 2.75) is 6.92 Å². The number of carbonyl (C=O) groups is 2. The average molecular weight is 322 g/mol. The van der Waals surface area contributed by atoms with Gasteiger partial charge in [-0.05, 0) is 37.3 Å². The van der Waals surface area contributed by atoms with Crippen LogP contribution in [0, 0.1) is 5.82 Å². The van der Waals surface area contributed by atoms with Gasteiger partial charge in [-0.1, -0.05) is 23.7 Å². The van der Waals surface area contributed by atoms with Crippen molar-refractivity contribution >= 4 is 29.0 Å². The van der Waals surface area contributed by atoms with Crippen LogP contribution in [-0.2, 0) is 4.79 Å². The number of benzene rings is 2. The summed E-state index contributed by atoms with van der Waals surface area (Å²) in [6.45, 7) is 1.06. The summed E-state index contributed by atoms with van der Waals surface area (Å²) < 4.78 is 18.8. The Morgan fingerprint density at radius 2 is 1.95 bits per heavy atom. The standard InChI is InChI=1S/C16H13ClFNO3/c1-10(20)12-4-2-3-5-15(12)22-9-16(21)19-14-8-11(17)6-7-13(14)18/h2-8H,9H2,1H3,(H,19,21). The maximum atomic E-state index is 13.5. The lowest BCUT2D eigenvalue weighted by molar-refractivity contribution is -0.118. The van der Waals surface area contributed by atoms with E-state index in [1.54, 1.807) is 24.3 Å². The first-order valence-corrected chi connectivity index (χ1v) is 6.83. The molecule has 2 aromatic carbocycles. The third-order valence-electron chi connectivity index (χ3n) is 2.83. The summed E-state index contributed by atoms with van der Waals surface area (Å²) >= 11 is 5.74. The minimum atomic E-state index is -0.595. The predicted molar refractivity (Wildman–Crippen MR) is 82.0 cm³/mol. The highest BCUT2D eigenvalue weighted by atomic mass is 35.5. The summed E-state index contributed by atoms with van der Waals surface area (Å²) in [5.41, 5.74) is 0.352. The van der Waals surface area contributed by atoms with Crippen LogP contribution in [0.3, 0.4) is 0 Å². The number of Topliss-reactive ketones (excluding diaryl/α,β-unsaturated/α-hetero) is 1. The molecule has 0 aliphatic rings. The van der Waals surface area contributed by atoms with Crippen molar-refractivity contribution in [1.82, 2.24) is 0 Å². The van der Waals surface area contributed by atoms with Crippen molar-refractivity contribution in [2.75, 3.05) is 11.9 Å². The van der Waals surface area contributed by atoms with Gasteiger partial charge in [-0.3, -0.25) is 9.59 Å². The van der Waals surface area contributed by atoms with E-state index in [2.05, 4.69) is 5.32 Å². The van der Waals surface area contributed by atoms with Crippen molar-refractivity contribution in [3.05, 3.63) is 58.9 Å². The summed E-state index contributed by atoms with van der Waals surface area (Å²) in [4.78, 5) is 23.2. The molecule has 0 aliphatic carbocycles. The van der Waals surface area contributed by atoms with Gasteiger partial charge < -0.3 is 10.1 Å². The fourth-order valence-corrected chi connectivity index (χ4v) is 1.98. The van der Waals surface area contributed by atoms with E-state index in [0.29, 0.717) is 16.3 Å². The van der Waals surface area contributed by atoms with Gasteiger partial charge in [0.25, 0.3) is 5.91 Å². The maximum absolute atomic E-state index is 13.5. The lowest BCUT2D eigenvalue weighted by Gasteiger charge is -2.10. The van der Waals surface area contributed by atoms with E-state index in [9.17, 15) is 14.0 Å². The van der Waals surface area contributed by atoms with E-state index < -0.39 is 11.7 Å². The Kier molecular flexibility index (Phi) is 5.12. The highest BCUT2D eigenvalue weighted by molar-refractivity contribution is 6.30. The zero-order chi connectivity index (χ0) is 16.1. The number of hydrogen-bond acceptors (Lipinski definition) is 3. The Labute approximate surface area is 131 Å². The van der Waals surface area contributed by atoms with Crippen LogP contribution in [0.2, 0.25) is 5.02 Å². The quantitative estimate of drug-likeness (QED) is 0.854. The van der Waals surface area contributed by atoms with E-state index in [1.807, 2.05) is 0 Å². The second kappa shape index (κ2) is 7.04. The fourth-order valence-electron chi connectivity index (χ4n) is 1.81. The van der Waals surface area contributed by atoms with E-state index >= 15 is 0 Å². The molecule has 0 atom stereocenters. The van der Waals surface area contributed by atoms with Gasteiger partial charge in [-0.25, -0.2) is 4.39 Å². The van der Waals surface area contributed by atoms with E-state index in [4.69, 9.17) is 16.3 Å². The number of carbonyl (C=O) groups excluding carboxylic acids is 2. The van der Waals surface area contributed by atoms with Gasteiger partial charge in [-0.15, -0.1) is 0 Å². The molecule has 4 nitrogen and oxygen atoms in total. The molecule has 0 spiro atoms. The molecule has 0 aliphatic heterocycles. The normalized spacial score (nSPS) is 10.1. The van der Waals surface area contributed by atoms with Gasteiger partial charge in [0.15, 0.2) is 12.4 Å². The Balaban J connectivity index is 2.02. The summed E-state index contributed by atoms with van der Waals surface area (Å²) in [5, 5.41) is 2.67. The molecule has 0 bridgehead atoms. The zero-order valence-corrected chi connectivity index (χ0v) is 12.5. The molecule has 1 amide bonds. The van der Waals surface area contributed by atoms with Gasteiger partial charge in [0, 0.05) is 5.02 Å². The lowest BCUT2D eigenvalue weighted by atomic mass is 10.1. The van der Waals surface area contributed by atoms with Crippen LogP contribution in [-0.4, -0.2) is 18.3 Å². The molecule has 0 radical (unpaired) electrons. The smallest absolute Gasteiger partial charge is 0.262 e. The average Bonchev–Trinajstić information content (AvgIpc) is 2.49. The molecule has 22 heavy (non-hydrogen) atoms. The number of ketones is 1. The summed E-state index contributed by atoms with van der Waals surface area (Å²) in [7, 11) is 0. The summed E-state index contributed by atoms with van der Waals surface area (Å²) in [5.74, 6) is -1.02. The summed E-state index contributed by atoms with van der Waals surface area (Å²) in [6, 6.07) is 10.4. The number of ether oxygens (including phenoxy) is 1. The summed E-state index contributed by atoms with van der Waals surface area (Å²) in [6.07, 6.45) is 0. The van der Waals surface area contributed by atoms with Crippen LogP contribution in [0.1, 0.15) is 17.3 Å². The number of nitrogens with one attached hydrogen (secondary N) is 1. The first-order chi connectivity index (χ1) is 10.5. The Morgan fingerprint density at radius 3 is 2.68 bits per heavy atom. The predicted octanol–water partition coefficient (Wildman–Crippen LogP) is 3.70. The van der Waals surface area contributed by atoms with Crippen molar-refractivity contribution in [3.8, 4) is 5.75 Å². The first-order valence-electron chi connectivity index (χ1n) is 6.45. The molecule has 0 heterocycles. The SMILES string of the molecule is CC(=O)c1ccccc1OCC(=O)Nc1cc(Cl)ccc1F. The van der Waals surface area contributed by atoms with Crippen LogP contribution >= 0.6 is 11.6 Å². The van der Waals surface area contributed by atoms with Gasteiger partial charge in [0.1, 0.15) is 11.6 Å². The molecular weight excluding hydrogens is 309 g/mol.